The number of nitro groups is 1. The number of allylic oxidation sites excluding steroid dienone is 1. The Morgan fingerprint density at radius 3 is 2.79 bits per heavy atom. The quantitative estimate of drug-likeness (QED) is 0.325. The van der Waals surface area contributed by atoms with Gasteiger partial charge in [-0.05, 0) is 37.6 Å². The molecule has 0 fully saturated rings. The van der Waals surface area contributed by atoms with Gasteiger partial charge in [0.2, 0.25) is 5.78 Å². The molecule has 0 aromatic heterocycles. The molecule has 0 aliphatic carbocycles. The molecule has 1 heterocycles. The molecule has 0 unspecified atom stereocenters. The lowest BCUT2D eigenvalue weighted by Gasteiger charge is -2.13. The second-order valence-electron chi connectivity index (χ2n) is 5.96. The first kappa shape index (κ1) is 19.1. The largest absolute Gasteiger partial charge is 0.479 e. The molecule has 0 radical (unpaired) electrons. The first-order valence-electron chi connectivity index (χ1n) is 8.55. The van der Waals surface area contributed by atoms with Gasteiger partial charge in [0, 0.05) is 18.2 Å². The molecule has 1 aliphatic rings. The predicted molar refractivity (Wildman–Crippen MR) is 99.2 cm³/mol. The van der Waals surface area contributed by atoms with Crippen LogP contribution in [0.5, 0.6) is 11.5 Å². The summed E-state index contributed by atoms with van der Waals surface area (Å²) in [5.41, 5.74) is 0.728. The van der Waals surface area contributed by atoms with Gasteiger partial charge >= 0.3 is 5.97 Å². The van der Waals surface area contributed by atoms with Crippen molar-refractivity contribution in [2.24, 2.45) is 0 Å². The lowest BCUT2D eigenvalue weighted by molar-refractivity contribution is -0.384. The molecule has 0 N–H and O–H groups in total. The number of esters is 1. The summed E-state index contributed by atoms with van der Waals surface area (Å²) in [4.78, 5) is 34.6. The molecule has 144 valence electrons. The Balaban J connectivity index is 1.80. The van der Waals surface area contributed by atoms with Crippen molar-refractivity contribution in [1.29, 1.82) is 0 Å². The standard InChI is InChI=1S/C20H17NO7/c1-3-26-20(23)12(2)27-15-7-8-16-17(11-15)28-18(19(16)22)10-13-5-4-6-14(9-13)21(24)25/h4-12H,3H2,1-2H3/b18-10-/t12-/m1/s1. The van der Waals surface area contributed by atoms with E-state index in [1.54, 1.807) is 32.0 Å². The first-order valence-corrected chi connectivity index (χ1v) is 8.55. The fraction of sp³-hybridized carbons (Fsp3) is 0.200. The van der Waals surface area contributed by atoms with Crippen LogP contribution in [-0.4, -0.2) is 29.4 Å². The highest BCUT2D eigenvalue weighted by Crippen LogP contribution is 2.35. The van der Waals surface area contributed by atoms with E-state index in [1.165, 1.54) is 30.3 Å². The molecule has 0 saturated carbocycles. The van der Waals surface area contributed by atoms with E-state index >= 15 is 0 Å². The summed E-state index contributed by atoms with van der Waals surface area (Å²) in [5, 5.41) is 10.9. The third-order valence-corrected chi connectivity index (χ3v) is 3.95. The maximum absolute atomic E-state index is 12.5. The van der Waals surface area contributed by atoms with Crippen molar-refractivity contribution in [1.82, 2.24) is 0 Å². The van der Waals surface area contributed by atoms with Gasteiger partial charge in [-0.15, -0.1) is 0 Å². The van der Waals surface area contributed by atoms with Gasteiger partial charge in [-0.25, -0.2) is 4.79 Å². The number of carbonyl (C=O) groups is 2. The van der Waals surface area contributed by atoms with E-state index in [2.05, 4.69) is 0 Å². The van der Waals surface area contributed by atoms with E-state index in [9.17, 15) is 19.7 Å². The number of nitrogens with zero attached hydrogens (tertiary/aromatic N) is 1. The molecule has 3 rings (SSSR count). The van der Waals surface area contributed by atoms with Gasteiger partial charge in [0.05, 0.1) is 17.1 Å². The SMILES string of the molecule is CCOC(=O)[C@@H](C)Oc1ccc2c(c1)O/C(=C\c1cccc([N+](=O)[O-])c1)C2=O. The van der Waals surface area contributed by atoms with Crippen molar-refractivity contribution in [3.8, 4) is 11.5 Å². The highest BCUT2D eigenvalue weighted by atomic mass is 16.6. The highest BCUT2D eigenvalue weighted by Gasteiger charge is 2.28. The normalized spacial score (nSPS) is 14.9. The third kappa shape index (κ3) is 4.01. The van der Waals surface area contributed by atoms with Crippen LogP contribution in [0.2, 0.25) is 0 Å². The molecule has 1 aliphatic heterocycles. The summed E-state index contributed by atoms with van der Waals surface area (Å²) in [5.74, 6) is -0.150. The number of Topliss-reactive ketones (excluding diaryl/α,β-unsaturated/α-hetero) is 1. The molecule has 28 heavy (non-hydrogen) atoms. The van der Waals surface area contributed by atoms with Crippen LogP contribution < -0.4 is 9.47 Å². The minimum Gasteiger partial charge on any atom is -0.479 e. The Bertz CT molecular complexity index is 980. The van der Waals surface area contributed by atoms with Crippen LogP contribution in [0.3, 0.4) is 0 Å². The number of hydrogen-bond acceptors (Lipinski definition) is 7. The molecule has 2 aromatic rings. The highest BCUT2D eigenvalue weighted by molar-refractivity contribution is 6.14. The zero-order chi connectivity index (χ0) is 20.3. The van der Waals surface area contributed by atoms with Crippen LogP contribution in [0.1, 0.15) is 29.8 Å². The van der Waals surface area contributed by atoms with Gasteiger partial charge in [-0.1, -0.05) is 12.1 Å². The zero-order valence-electron chi connectivity index (χ0n) is 15.2. The van der Waals surface area contributed by atoms with Crippen molar-refractivity contribution in [2.75, 3.05) is 6.61 Å². The molecular weight excluding hydrogens is 366 g/mol. The molecule has 1 atom stereocenters. The van der Waals surface area contributed by atoms with Crippen LogP contribution in [0.4, 0.5) is 5.69 Å². The Morgan fingerprint density at radius 2 is 2.07 bits per heavy atom. The number of ketones is 1. The lowest BCUT2D eigenvalue weighted by Crippen LogP contribution is -2.26. The van der Waals surface area contributed by atoms with Crippen LogP contribution in [0, 0.1) is 10.1 Å². The maximum Gasteiger partial charge on any atom is 0.347 e. The van der Waals surface area contributed by atoms with Gasteiger partial charge in [0.25, 0.3) is 5.69 Å². The van der Waals surface area contributed by atoms with Gasteiger partial charge in [-0.3, -0.25) is 14.9 Å². The first-order chi connectivity index (χ1) is 13.4. The average molecular weight is 383 g/mol. The van der Waals surface area contributed by atoms with E-state index < -0.39 is 17.0 Å². The molecule has 0 bridgehead atoms. The van der Waals surface area contributed by atoms with Crippen LogP contribution in [0.15, 0.2) is 48.2 Å². The van der Waals surface area contributed by atoms with Crippen LogP contribution >= 0.6 is 0 Å². The summed E-state index contributed by atoms with van der Waals surface area (Å²) in [6, 6.07) is 10.5. The van der Waals surface area contributed by atoms with Crippen molar-refractivity contribution < 1.29 is 28.7 Å². The van der Waals surface area contributed by atoms with Gasteiger partial charge in [0.1, 0.15) is 11.5 Å². The average Bonchev–Trinajstić information content (AvgIpc) is 2.97. The van der Waals surface area contributed by atoms with Crippen LogP contribution in [0.25, 0.3) is 6.08 Å². The zero-order valence-corrected chi connectivity index (χ0v) is 15.2. The van der Waals surface area contributed by atoms with Crippen molar-refractivity contribution in [2.45, 2.75) is 20.0 Å². The van der Waals surface area contributed by atoms with Gasteiger partial charge in [-0.2, -0.15) is 0 Å². The van der Waals surface area contributed by atoms with Crippen molar-refractivity contribution in [3.05, 3.63) is 69.5 Å². The Labute approximate surface area is 160 Å². The smallest absolute Gasteiger partial charge is 0.347 e. The molecule has 0 spiro atoms. The number of nitro benzene ring substituents is 1. The van der Waals surface area contributed by atoms with Crippen LogP contribution in [-0.2, 0) is 9.53 Å². The summed E-state index contributed by atoms with van der Waals surface area (Å²) in [7, 11) is 0. The van der Waals surface area contributed by atoms with Crippen molar-refractivity contribution in [3.63, 3.8) is 0 Å². The number of ether oxygens (including phenoxy) is 3. The molecule has 0 saturated heterocycles. The summed E-state index contributed by atoms with van der Waals surface area (Å²) >= 11 is 0. The van der Waals surface area contributed by atoms with Crippen molar-refractivity contribution >= 4 is 23.5 Å². The fourth-order valence-corrected chi connectivity index (χ4v) is 2.63. The minimum atomic E-state index is -0.810. The van der Waals surface area contributed by atoms with E-state index in [4.69, 9.17) is 14.2 Å². The maximum atomic E-state index is 12.5. The Hall–Kier alpha value is -3.68. The Morgan fingerprint density at radius 1 is 1.29 bits per heavy atom. The monoisotopic (exact) mass is 383 g/mol. The minimum absolute atomic E-state index is 0.0473. The fourth-order valence-electron chi connectivity index (χ4n) is 2.63. The summed E-state index contributed by atoms with van der Waals surface area (Å²) in [6.45, 7) is 3.51. The number of benzene rings is 2. The number of hydrogen-bond donors (Lipinski definition) is 0. The van der Waals surface area contributed by atoms with E-state index in [-0.39, 0.29) is 29.6 Å². The van der Waals surface area contributed by atoms with Gasteiger partial charge < -0.3 is 14.2 Å². The van der Waals surface area contributed by atoms with E-state index in [0.717, 1.165) is 0 Å². The summed E-state index contributed by atoms with van der Waals surface area (Å²) in [6.07, 6.45) is 0.631. The topological polar surface area (TPSA) is 105 Å². The third-order valence-electron chi connectivity index (χ3n) is 3.95. The molecular formula is C20H17NO7. The molecule has 8 nitrogen and oxygen atoms in total. The Kier molecular flexibility index (Phi) is 5.39. The number of fused-ring (bicyclic) bond motifs is 1. The second-order valence-corrected chi connectivity index (χ2v) is 5.96. The number of non-ortho nitro benzene ring substituents is 1. The van der Waals surface area contributed by atoms with E-state index in [0.29, 0.717) is 16.9 Å². The molecule has 0 amide bonds. The predicted octanol–water partition coefficient (Wildman–Crippen LogP) is 3.54. The second kappa shape index (κ2) is 7.91. The lowest BCUT2D eigenvalue weighted by atomic mass is 10.1. The van der Waals surface area contributed by atoms with Gasteiger partial charge in [0.15, 0.2) is 11.9 Å². The molecule has 8 heteroatoms. The number of carbonyl (C=O) groups excluding carboxylic acids is 2. The number of rotatable bonds is 6. The molecule has 2 aromatic carbocycles. The van der Waals surface area contributed by atoms with E-state index in [1.807, 2.05) is 0 Å². The summed E-state index contributed by atoms with van der Waals surface area (Å²) < 4.78 is 16.0.